The number of aliphatic hydroxyl groups excluding tert-OH is 1. The highest BCUT2D eigenvalue weighted by molar-refractivity contribution is 7.16. The van der Waals surface area contributed by atoms with Crippen molar-refractivity contribution < 1.29 is 38.8 Å². The molecule has 0 spiro atoms. The number of methoxy groups -OCH3 is 2. The van der Waals surface area contributed by atoms with Crippen molar-refractivity contribution in [2.24, 2.45) is 5.41 Å². The van der Waals surface area contributed by atoms with Gasteiger partial charge in [-0.2, -0.15) is 0 Å². The Labute approximate surface area is 293 Å². The van der Waals surface area contributed by atoms with Gasteiger partial charge in [0.25, 0.3) is 5.91 Å². The van der Waals surface area contributed by atoms with E-state index < -0.39 is 35.4 Å². The number of aromatic nitrogens is 1. The zero-order valence-electron chi connectivity index (χ0n) is 27.6. The van der Waals surface area contributed by atoms with E-state index in [9.17, 15) is 24.6 Å². The van der Waals surface area contributed by atoms with Crippen molar-refractivity contribution in [3.05, 3.63) is 87.8 Å². The number of hydrogen-bond acceptors (Lipinski definition) is 9. The van der Waals surface area contributed by atoms with E-state index in [-0.39, 0.29) is 37.5 Å². The smallest absolute Gasteiger partial charge is 0.303 e. The lowest BCUT2D eigenvalue weighted by Gasteiger charge is -2.32. The summed E-state index contributed by atoms with van der Waals surface area (Å²) in [6.45, 7) is 3.60. The highest BCUT2D eigenvalue weighted by Gasteiger charge is 2.41. The molecule has 4 aromatic rings. The van der Waals surface area contributed by atoms with Crippen molar-refractivity contribution in [2.75, 3.05) is 37.6 Å². The Morgan fingerprint density at radius 2 is 1.82 bits per heavy atom. The molecule has 2 atom stereocenters. The van der Waals surface area contributed by atoms with Gasteiger partial charge in [-0.05, 0) is 30.7 Å². The Morgan fingerprint density at radius 1 is 1.06 bits per heavy atom. The molecule has 49 heavy (non-hydrogen) atoms. The number of benzene rings is 3. The monoisotopic (exact) mass is 707 g/mol. The van der Waals surface area contributed by atoms with Crippen LogP contribution in [0.2, 0.25) is 5.02 Å². The maximum Gasteiger partial charge on any atom is 0.303 e. The number of aliphatic carboxylic acids is 1. The summed E-state index contributed by atoms with van der Waals surface area (Å²) in [7, 11) is 3.02. The maximum absolute atomic E-state index is 14.4. The molecular weight excluding hydrogens is 670 g/mol. The second kappa shape index (κ2) is 15.4. The third-order valence-corrected chi connectivity index (χ3v) is 9.33. The minimum atomic E-state index is -1.28. The molecule has 0 radical (unpaired) electrons. The molecule has 3 N–H and O–H groups in total. The molecule has 13 heteroatoms. The summed E-state index contributed by atoms with van der Waals surface area (Å²) < 4.78 is 17.9. The van der Waals surface area contributed by atoms with Gasteiger partial charge in [-0.15, -0.1) is 11.3 Å². The van der Waals surface area contributed by atoms with Crippen LogP contribution in [0.3, 0.4) is 0 Å². The number of anilines is 2. The van der Waals surface area contributed by atoms with Crippen LogP contribution in [-0.4, -0.2) is 66.5 Å². The van der Waals surface area contributed by atoms with Crippen LogP contribution in [0.1, 0.15) is 48.8 Å². The molecule has 0 fully saturated rings. The number of halogens is 1. The first kappa shape index (κ1) is 35.8. The van der Waals surface area contributed by atoms with Gasteiger partial charge in [0.05, 0.1) is 32.8 Å². The number of fused-ring (bicyclic) bond motifs is 1. The van der Waals surface area contributed by atoms with Gasteiger partial charge in [0, 0.05) is 50.8 Å². The van der Waals surface area contributed by atoms with Gasteiger partial charge < -0.3 is 34.6 Å². The van der Waals surface area contributed by atoms with Crippen LogP contribution in [-0.2, 0) is 25.5 Å². The summed E-state index contributed by atoms with van der Waals surface area (Å²) in [5.41, 5.74) is 2.31. The summed E-state index contributed by atoms with van der Waals surface area (Å²) >= 11 is 7.70. The first-order valence-electron chi connectivity index (χ1n) is 15.6. The summed E-state index contributed by atoms with van der Waals surface area (Å²) in [5.74, 6) is -1.10. The van der Waals surface area contributed by atoms with E-state index >= 15 is 0 Å². The molecule has 2 heterocycles. The number of carbonyl (C=O) groups is 3. The maximum atomic E-state index is 14.4. The number of carbonyl (C=O) groups excluding carboxylic acids is 2. The standard InChI is InChI=1S/C36H38ClN3O8S/c1-36(2,20-41)19-40-25-14-13-22(37)17-24(25)32(23-11-8-12-26(46-3)33(23)47-4)48-27(34(40)45)18-29(42)38-35-39-31(21-9-6-5-7-10-21)28(49-35)15-16-30(43)44/h5-14,17,27,32,41H,15-16,18-20H2,1-4H3,(H,43,44)(H,38,39,42)/t27-,32-/m1/s1. The number of hydrogen-bond donors (Lipinski definition) is 3. The van der Waals surface area contributed by atoms with Crippen molar-refractivity contribution >= 4 is 51.5 Å². The lowest BCUT2D eigenvalue weighted by atomic mass is 9.92. The van der Waals surface area contributed by atoms with Crippen molar-refractivity contribution in [2.45, 2.75) is 45.3 Å². The molecule has 11 nitrogen and oxygen atoms in total. The predicted molar refractivity (Wildman–Crippen MR) is 188 cm³/mol. The number of para-hydroxylation sites is 1. The molecule has 3 aromatic carbocycles. The molecule has 0 saturated heterocycles. The van der Waals surface area contributed by atoms with Gasteiger partial charge in [0.1, 0.15) is 12.2 Å². The number of aryl methyl sites for hydroxylation is 1. The van der Waals surface area contributed by atoms with Crippen LogP contribution in [0, 0.1) is 5.41 Å². The number of aliphatic hydroxyl groups is 1. The molecule has 258 valence electrons. The van der Waals surface area contributed by atoms with E-state index in [1.807, 2.05) is 44.2 Å². The SMILES string of the molecule is COc1cccc([C@H]2O[C@H](CC(=O)Nc3nc(-c4ccccc4)c(CCC(=O)O)s3)C(=O)N(CC(C)(C)CO)c3ccc(Cl)cc32)c1OC. The molecule has 5 rings (SSSR count). The molecule has 1 aliphatic heterocycles. The Kier molecular flexibility index (Phi) is 11.2. The molecule has 0 unspecified atom stereocenters. The predicted octanol–water partition coefficient (Wildman–Crippen LogP) is 6.37. The average molecular weight is 708 g/mol. The van der Waals surface area contributed by atoms with Gasteiger partial charge in [0.15, 0.2) is 16.6 Å². The van der Waals surface area contributed by atoms with Crippen LogP contribution in [0.5, 0.6) is 11.5 Å². The summed E-state index contributed by atoms with van der Waals surface area (Å²) in [5, 5.41) is 23.0. The second-order valence-electron chi connectivity index (χ2n) is 12.3. The number of carboxylic acids is 1. The zero-order valence-corrected chi connectivity index (χ0v) is 29.1. The van der Waals surface area contributed by atoms with Gasteiger partial charge in [-0.3, -0.25) is 14.4 Å². The van der Waals surface area contributed by atoms with Gasteiger partial charge in [-0.1, -0.05) is 67.9 Å². The van der Waals surface area contributed by atoms with Gasteiger partial charge in [-0.25, -0.2) is 4.98 Å². The van der Waals surface area contributed by atoms with Crippen molar-refractivity contribution in [1.29, 1.82) is 0 Å². The van der Waals surface area contributed by atoms with Crippen LogP contribution in [0.25, 0.3) is 11.3 Å². The largest absolute Gasteiger partial charge is 0.493 e. The van der Waals surface area contributed by atoms with Crippen molar-refractivity contribution in [1.82, 2.24) is 4.98 Å². The number of rotatable bonds is 13. The third-order valence-electron chi connectivity index (χ3n) is 8.06. The minimum Gasteiger partial charge on any atom is -0.493 e. The van der Waals surface area contributed by atoms with Crippen molar-refractivity contribution in [3.63, 3.8) is 0 Å². The molecule has 1 aliphatic rings. The fourth-order valence-corrected chi connectivity index (χ4v) is 6.84. The topological polar surface area (TPSA) is 148 Å². The Morgan fingerprint density at radius 3 is 2.49 bits per heavy atom. The van der Waals surface area contributed by atoms with Crippen LogP contribution < -0.4 is 19.7 Å². The quantitative estimate of drug-likeness (QED) is 0.144. The first-order chi connectivity index (χ1) is 23.4. The number of nitrogens with one attached hydrogen (secondary N) is 1. The highest BCUT2D eigenvalue weighted by Crippen LogP contribution is 2.46. The Hall–Kier alpha value is -4.49. The summed E-state index contributed by atoms with van der Waals surface area (Å²) in [6, 6.07) is 19.7. The molecule has 0 saturated carbocycles. The lowest BCUT2D eigenvalue weighted by molar-refractivity contribution is -0.137. The third kappa shape index (κ3) is 8.22. The highest BCUT2D eigenvalue weighted by atomic mass is 35.5. The molecule has 2 amide bonds. The zero-order chi connectivity index (χ0) is 35.3. The summed E-state index contributed by atoms with van der Waals surface area (Å²) in [6.07, 6.45) is -2.42. The molecular formula is C36H38ClN3O8S. The van der Waals surface area contributed by atoms with E-state index in [1.54, 1.807) is 36.4 Å². The minimum absolute atomic E-state index is 0.0977. The van der Waals surface area contributed by atoms with Crippen LogP contribution >= 0.6 is 22.9 Å². The van der Waals surface area contributed by atoms with Crippen LogP contribution in [0.15, 0.2) is 66.7 Å². The van der Waals surface area contributed by atoms with Crippen molar-refractivity contribution in [3.8, 4) is 22.8 Å². The van der Waals surface area contributed by atoms with E-state index in [4.69, 9.17) is 25.8 Å². The Balaban J connectivity index is 1.53. The van der Waals surface area contributed by atoms with Gasteiger partial charge >= 0.3 is 5.97 Å². The number of ether oxygens (including phenoxy) is 3. The molecule has 0 aliphatic carbocycles. The molecule has 1 aromatic heterocycles. The second-order valence-corrected chi connectivity index (χ2v) is 13.9. The summed E-state index contributed by atoms with van der Waals surface area (Å²) in [4.78, 5) is 46.3. The van der Waals surface area contributed by atoms with Crippen LogP contribution in [0.4, 0.5) is 10.8 Å². The number of nitrogens with zero attached hydrogens (tertiary/aromatic N) is 2. The average Bonchev–Trinajstić information content (AvgIpc) is 3.45. The first-order valence-corrected chi connectivity index (χ1v) is 16.8. The number of carboxylic acid groups (broad SMARTS) is 1. The normalized spacial score (nSPS) is 16.1. The van der Waals surface area contributed by atoms with Gasteiger partial charge in [0.2, 0.25) is 5.91 Å². The fraction of sp³-hybridized carbons (Fsp3) is 0.333. The lowest BCUT2D eigenvalue weighted by Crippen LogP contribution is -2.46. The van der Waals surface area contributed by atoms with E-state index in [0.29, 0.717) is 43.9 Å². The molecule has 0 bridgehead atoms. The van der Waals surface area contributed by atoms with E-state index in [2.05, 4.69) is 10.3 Å². The van der Waals surface area contributed by atoms with E-state index in [1.165, 1.54) is 30.5 Å². The Bertz CT molecular complexity index is 1830. The number of thiazole rings is 1. The number of amides is 2. The fourth-order valence-electron chi connectivity index (χ4n) is 5.66. The van der Waals surface area contributed by atoms with E-state index in [0.717, 1.165) is 5.56 Å².